The summed E-state index contributed by atoms with van der Waals surface area (Å²) in [7, 11) is 0. The zero-order valence-electron chi connectivity index (χ0n) is 16.2. The third-order valence-corrected chi connectivity index (χ3v) is 5.90. The maximum absolute atomic E-state index is 13.2. The number of benzene rings is 1. The Kier molecular flexibility index (Phi) is 6.87. The number of hydrogen-bond acceptors (Lipinski definition) is 6. The fourth-order valence-corrected chi connectivity index (χ4v) is 4.08. The van der Waals surface area contributed by atoms with Gasteiger partial charge in [-0.05, 0) is 49.9 Å². The summed E-state index contributed by atoms with van der Waals surface area (Å²) < 4.78 is 24.0. The van der Waals surface area contributed by atoms with Crippen molar-refractivity contribution in [3.05, 3.63) is 36.0 Å². The molecule has 158 valence electrons. The van der Waals surface area contributed by atoms with Crippen LogP contribution in [0.1, 0.15) is 37.5 Å². The molecular weight excluding hydrogens is 399 g/mol. The van der Waals surface area contributed by atoms with E-state index in [0.717, 1.165) is 19.4 Å². The van der Waals surface area contributed by atoms with Crippen LogP contribution in [0.4, 0.5) is 4.39 Å². The molecule has 0 spiro atoms. The van der Waals surface area contributed by atoms with E-state index in [9.17, 15) is 9.18 Å². The Hall–Kier alpha value is -2.03. The molecule has 0 bridgehead atoms. The first-order valence-electron chi connectivity index (χ1n) is 9.78. The number of carbonyl (C=O) groups is 1. The Bertz CT molecular complexity index is 823. The van der Waals surface area contributed by atoms with Crippen LogP contribution in [0.25, 0.3) is 11.4 Å². The van der Waals surface area contributed by atoms with Gasteiger partial charge in [-0.15, -0.1) is 12.4 Å². The summed E-state index contributed by atoms with van der Waals surface area (Å²) in [6, 6.07) is 5.98. The molecular formula is C20H26ClFN4O3. The molecule has 2 N–H and O–H groups in total. The minimum atomic E-state index is -0.520. The number of hydrogen-bond donors (Lipinski definition) is 1. The Labute approximate surface area is 175 Å². The predicted octanol–water partition coefficient (Wildman–Crippen LogP) is 2.76. The molecule has 9 heteroatoms. The molecule has 1 aromatic heterocycles. The number of likely N-dealkylation sites (tertiary alicyclic amines) is 1. The lowest BCUT2D eigenvalue weighted by Crippen LogP contribution is -2.53. The van der Waals surface area contributed by atoms with E-state index >= 15 is 0 Å². The van der Waals surface area contributed by atoms with Crippen molar-refractivity contribution in [3.63, 3.8) is 0 Å². The lowest BCUT2D eigenvalue weighted by Gasteiger charge is -2.41. The third-order valence-electron chi connectivity index (χ3n) is 5.90. The minimum absolute atomic E-state index is 0. The van der Waals surface area contributed by atoms with Gasteiger partial charge in [-0.1, -0.05) is 5.16 Å². The second-order valence-corrected chi connectivity index (χ2v) is 7.65. The van der Waals surface area contributed by atoms with Gasteiger partial charge in [0.25, 0.3) is 0 Å². The molecule has 2 saturated heterocycles. The van der Waals surface area contributed by atoms with Gasteiger partial charge in [0.1, 0.15) is 5.82 Å². The largest absolute Gasteiger partial charge is 0.381 e. The zero-order chi connectivity index (χ0) is 19.6. The minimum Gasteiger partial charge on any atom is -0.381 e. The molecule has 0 radical (unpaired) electrons. The van der Waals surface area contributed by atoms with Crippen molar-refractivity contribution in [1.82, 2.24) is 15.0 Å². The maximum Gasteiger partial charge on any atom is 0.231 e. The van der Waals surface area contributed by atoms with E-state index in [2.05, 4.69) is 10.1 Å². The zero-order valence-corrected chi connectivity index (χ0v) is 17.0. The molecule has 7 nitrogen and oxygen atoms in total. The van der Waals surface area contributed by atoms with Crippen molar-refractivity contribution in [3.8, 4) is 11.4 Å². The normalized spacial score (nSPS) is 21.4. The number of ether oxygens (including phenoxy) is 1. The average molecular weight is 425 g/mol. The summed E-state index contributed by atoms with van der Waals surface area (Å²) >= 11 is 0. The summed E-state index contributed by atoms with van der Waals surface area (Å²) in [4.78, 5) is 19.6. The fraction of sp³-hybridized carbons (Fsp3) is 0.550. The molecule has 1 unspecified atom stereocenters. The van der Waals surface area contributed by atoms with Gasteiger partial charge in [0, 0.05) is 38.4 Å². The highest BCUT2D eigenvalue weighted by Crippen LogP contribution is 2.35. The Morgan fingerprint density at radius 1 is 1.28 bits per heavy atom. The predicted molar refractivity (Wildman–Crippen MR) is 107 cm³/mol. The highest BCUT2D eigenvalue weighted by molar-refractivity contribution is 5.85. The average Bonchev–Trinajstić information content (AvgIpc) is 3.24. The van der Waals surface area contributed by atoms with Crippen molar-refractivity contribution >= 4 is 18.3 Å². The molecule has 2 aromatic rings. The first kappa shape index (κ1) is 21.7. The first-order valence-corrected chi connectivity index (χ1v) is 9.78. The summed E-state index contributed by atoms with van der Waals surface area (Å²) in [5, 5.41) is 4.03. The molecule has 29 heavy (non-hydrogen) atoms. The quantitative estimate of drug-likeness (QED) is 0.810. The number of rotatable bonds is 4. The highest BCUT2D eigenvalue weighted by Gasteiger charge is 2.43. The molecule has 2 fully saturated rings. The van der Waals surface area contributed by atoms with Crippen LogP contribution >= 0.6 is 12.4 Å². The van der Waals surface area contributed by atoms with Crippen LogP contribution in [0.2, 0.25) is 0 Å². The third kappa shape index (κ3) is 4.44. The Balaban J connectivity index is 0.00000240. The number of aromatic nitrogens is 2. The Morgan fingerprint density at radius 3 is 2.69 bits per heavy atom. The standard InChI is InChI=1S/C20H25FN4O3.ClH/c21-16-5-3-14(4-6-16)17-23-18(28-24-17)15-2-1-9-25(12-15)19(26)20(13-22)7-10-27-11-8-20;/h3-6,15H,1-2,7-13,22H2;1H. The van der Waals surface area contributed by atoms with Crippen molar-refractivity contribution in [2.45, 2.75) is 31.6 Å². The van der Waals surface area contributed by atoms with E-state index in [1.807, 2.05) is 4.90 Å². The molecule has 3 heterocycles. The number of carbonyl (C=O) groups excluding carboxylic acids is 1. The lowest BCUT2D eigenvalue weighted by molar-refractivity contribution is -0.148. The van der Waals surface area contributed by atoms with Gasteiger partial charge in [0.15, 0.2) is 0 Å². The maximum atomic E-state index is 13.2. The van der Waals surface area contributed by atoms with Crippen LogP contribution in [-0.2, 0) is 9.53 Å². The van der Waals surface area contributed by atoms with Crippen LogP contribution in [0.15, 0.2) is 28.8 Å². The fourth-order valence-electron chi connectivity index (χ4n) is 4.08. The van der Waals surface area contributed by atoms with Crippen LogP contribution in [0.5, 0.6) is 0 Å². The monoisotopic (exact) mass is 424 g/mol. The van der Waals surface area contributed by atoms with Crippen LogP contribution in [-0.4, -0.2) is 53.8 Å². The molecule has 0 saturated carbocycles. The molecule has 1 amide bonds. The van der Waals surface area contributed by atoms with Crippen LogP contribution < -0.4 is 5.73 Å². The van der Waals surface area contributed by atoms with Gasteiger partial charge >= 0.3 is 0 Å². The van der Waals surface area contributed by atoms with E-state index in [0.29, 0.717) is 56.4 Å². The van der Waals surface area contributed by atoms with Gasteiger partial charge in [-0.3, -0.25) is 4.79 Å². The van der Waals surface area contributed by atoms with E-state index in [-0.39, 0.29) is 30.0 Å². The molecule has 4 rings (SSSR count). The molecule has 1 atom stereocenters. The number of nitrogens with two attached hydrogens (primary N) is 1. The summed E-state index contributed by atoms with van der Waals surface area (Å²) in [6.45, 7) is 2.75. The van der Waals surface area contributed by atoms with E-state index in [1.165, 1.54) is 12.1 Å². The van der Waals surface area contributed by atoms with Crippen molar-refractivity contribution in [2.75, 3.05) is 32.8 Å². The number of halogens is 2. The summed E-state index contributed by atoms with van der Waals surface area (Å²) in [6.07, 6.45) is 3.09. The number of nitrogens with zero attached hydrogens (tertiary/aromatic N) is 3. The topological polar surface area (TPSA) is 94.5 Å². The number of amides is 1. The van der Waals surface area contributed by atoms with Crippen molar-refractivity contribution in [2.24, 2.45) is 11.1 Å². The highest BCUT2D eigenvalue weighted by atomic mass is 35.5. The first-order chi connectivity index (χ1) is 13.6. The number of piperidine rings is 1. The van der Waals surface area contributed by atoms with Gasteiger partial charge in [-0.25, -0.2) is 4.39 Å². The summed E-state index contributed by atoms with van der Waals surface area (Å²) in [5.74, 6) is 0.748. The van der Waals surface area contributed by atoms with Crippen LogP contribution in [0.3, 0.4) is 0 Å². The second-order valence-electron chi connectivity index (χ2n) is 7.65. The van der Waals surface area contributed by atoms with E-state index < -0.39 is 5.41 Å². The smallest absolute Gasteiger partial charge is 0.231 e. The molecule has 2 aliphatic rings. The molecule has 2 aliphatic heterocycles. The summed E-state index contributed by atoms with van der Waals surface area (Å²) in [5.41, 5.74) is 6.18. The molecule has 0 aliphatic carbocycles. The Morgan fingerprint density at radius 2 is 2.00 bits per heavy atom. The van der Waals surface area contributed by atoms with E-state index in [4.69, 9.17) is 15.0 Å². The lowest BCUT2D eigenvalue weighted by atomic mass is 9.78. The van der Waals surface area contributed by atoms with Gasteiger partial charge < -0.3 is 19.9 Å². The van der Waals surface area contributed by atoms with Gasteiger partial charge in [0.05, 0.1) is 11.3 Å². The van der Waals surface area contributed by atoms with E-state index in [1.54, 1.807) is 12.1 Å². The van der Waals surface area contributed by atoms with Gasteiger partial charge in [-0.2, -0.15) is 4.98 Å². The van der Waals surface area contributed by atoms with Crippen molar-refractivity contribution < 1.29 is 18.4 Å². The van der Waals surface area contributed by atoms with Crippen molar-refractivity contribution in [1.29, 1.82) is 0 Å². The SMILES string of the molecule is Cl.NCC1(C(=O)N2CCCC(c3nc(-c4ccc(F)cc4)no3)C2)CCOCC1. The second kappa shape index (κ2) is 9.19. The molecule has 1 aromatic carbocycles. The van der Waals surface area contributed by atoms with Gasteiger partial charge in [0.2, 0.25) is 17.6 Å². The van der Waals surface area contributed by atoms with Crippen LogP contribution in [0, 0.1) is 11.2 Å².